The second-order valence-electron chi connectivity index (χ2n) is 2.94. The highest BCUT2D eigenvalue weighted by Crippen LogP contribution is 2.24. The van der Waals surface area contributed by atoms with Crippen LogP contribution in [0, 0.1) is 0 Å². The van der Waals surface area contributed by atoms with Crippen LogP contribution < -0.4 is 15.2 Å². The van der Waals surface area contributed by atoms with Crippen LogP contribution in [0.3, 0.4) is 0 Å². The third-order valence-corrected chi connectivity index (χ3v) is 1.75. The van der Waals surface area contributed by atoms with Crippen molar-refractivity contribution in [3.63, 3.8) is 0 Å². The Balaban J connectivity index is 3.09. The van der Waals surface area contributed by atoms with Gasteiger partial charge < -0.3 is 20.3 Å². The summed E-state index contributed by atoms with van der Waals surface area (Å²) in [6, 6.07) is 4.59. The van der Waals surface area contributed by atoms with E-state index in [-0.39, 0.29) is 11.3 Å². The van der Waals surface area contributed by atoms with Crippen molar-refractivity contribution in [2.45, 2.75) is 13.2 Å². The van der Waals surface area contributed by atoms with E-state index in [9.17, 15) is 4.79 Å². The molecule has 15 heavy (non-hydrogen) atoms. The summed E-state index contributed by atoms with van der Waals surface area (Å²) in [7, 11) is 1.48. The molecule has 1 rings (SSSR count). The number of aliphatic hydroxyl groups excluding tert-OH is 1. The number of amides is 1. The topological polar surface area (TPSA) is 81.8 Å². The van der Waals surface area contributed by atoms with Crippen LogP contribution in [0.15, 0.2) is 18.2 Å². The van der Waals surface area contributed by atoms with E-state index in [4.69, 9.17) is 20.3 Å². The van der Waals surface area contributed by atoms with Crippen LogP contribution in [-0.2, 0) is 0 Å². The Bertz CT molecular complexity index is 362. The highest BCUT2D eigenvalue weighted by Gasteiger charge is 2.12. The van der Waals surface area contributed by atoms with Gasteiger partial charge in [0.1, 0.15) is 11.5 Å². The first kappa shape index (κ1) is 11.3. The summed E-state index contributed by atoms with van der Waals surface area (Å²) < 4.78 is 9.94. The van der Waals surface area contributed by atoms with E-state index in [1.54, 1.807) is 6.07 Å². The number of hydrogen-bond donors (Lipinski definition) is 2. The molecule has 0 aromatic heterocycles. The van der Waals surface area contributed by atoms with Crippen molar-refractivity contribution in [3.8, 4) is 11.5 Å². The molecule has 5 heteroatoms. The predicted octanol–water partition coefficient (Wildman–Crippen LogP) is 0.511. The molecule has 0 aliphatic heterocycles. The number of benzene rings is 1. The van der Waals surface area contributed by atoms with E-state index in [0.717, 1.165) is 0 Å². The van der Waals surface area contributed by atoms with Crippen LogP contribution in [0.2, 0.25) is 0 Å². The van der Waals surface area contributed by atoms with Gasteiger partial charge in [-0.2, -0.15) is 0 Å². The van der Waals surface area contributed by atoms with Crippen molar-refractivity contribution in [3.05, 3.63) is 23.8 Å². The number of hydrogen-bond acceptors (Lipinski definition) is 4. The Labute approximate surface area is 87.4 Å². The minimum atomic E-state index is -1.00. The van der Waals surface area contributed by atoms with Gasteiger partial charge >= 0.3 is 0 Å². The van der Waals surface area contributed by atoms with Gasteiger partial charge in [-0.1, -0.05) is 0 Å². The van der Waals surface area contributed by atoms with Gasteiger partial charge in [-0.05, 0) is 25.1 Å². The van der Waals surface area contributed by atoms with E-state index in [2.05, 4.69) is 0 Å². The molecule has 0 spiro atoms. The summed E-state index contributed by atoms with van der Waals surface area (Å²) in [6.45, 7) is 1.44. The van der Waals surface area contributed by atoms with Gasteiger partial charge in [-0.15, -0.1) is 0 Å². The number of aliphatic hydroxyl groups is 1. The normalized spacial score (nSPS) is 11.9. The molecule has 0 aliphatic carbocycles. The van der Waals surface area contributed by atoms with E-state index in [1.807, 2.05) is 0 Å². The van der Waals surface area contributed by atoms with Gasteiger partial charge in [-0.25, -0.2) is 0 Å². The molecule has 1 unspecified atom stereocenters. The number of nitrogens with two attached hydrogens (primary N) is 1. The van der Waals surface area contributed by atoms with Crippen molar-refractivity contribution < 1.29 is 19.4 Å². The summed E-state index contributed by atoms with van der Waals surface area (Å²) >= 11 is 0. The Morgan fingerprint density at radius 3 is 2.67 bits per heavy atom. The molecule has 0 heterocycles. The molecule has 0 bridgehead atoms. The first-order valence-corrected chi connectivity index (χ1v) is 4.37. The molecule has 3 N–H and O–H groups in total. The molecule has 0 radical (unpaired) electrons. The van der Waals surface area contributed by atoms with E-state index < -0.39 is 12.2 Å². The fourth-order valence-electron chi connectivity index (χ4n) is 1.12. The zero-order chi connectivity index (χ0) is 11.4. The van der Waals surface area contributed by atoms with Crippen LogP contribution in [0.4, 0.5) is 0 Å². The number of ether oxygens (including phenoxy) is 2. The summed E-state index contributed by atoms with van der Waals surface area (Å²) in [6.07, 6.45) is -1.00. The summed E-state index contributed by atoms with van der Waals surface area (Å²) in [4.78, 5) is 11.1. The van der Waals surface area contributed by atoms with Crippen LogP contribution in [-0.4, -0.2) is 24.4 Å². The standard InChI is InChI=1S/C10H13NO4/c1-6(12)15-9-4-3-7(14-2)5-8(9)10(11)13/h3-6,12H,1-2H3,(H2,11,13). The third-order valence-electron chi connectivity index (χ3n) is 1.75. The van der Waals surface area contributed by atoms with E-state index in [0.29, 0.717) is 5.75 Å². The lowest BCUT2D eigenvalue weighted by molar-refractivity contribution is -0.000792. The maximum Gasteiger partial charge on any atom is 0.252 e. The minimum absolute atomic E-state index is 0.176. The SMILES string of the molecule is COc1ccc(OC(C)O)c(C(N)=O)c1. The van der Waals surface area contributed by atoms with Crippen LogP contribution in [0.25, 0.3) is 0 Å². The Morgan fingerprint density at radius 1 is 1.53 bits per heavy atom. The third kappa shape index (κ3) is 2.85. The molecule has 0 saturated heterocycles. The monoisotopic (exact) mass is 211 g/mol. The average molecular weight is 211 g/mol. The minimum Gasteiger partial charge on any atom is -0.497 e. The predicted molar refractivity (Wildman–Crippen MR) is 53.8 cm³/mol. The van der Waals surface area contributed by atoms with Crippen molar-refractivity contribution in [2.75, 3.05) is 7.11 Å². The lowest BCUT2D eigenvalue weighted by Crippen LogP contribution is -2.16. The molecule has 1 aromatic rings. The van der Waals surface area contributed by atoms with Crippen molar-refractivity contribution in [1.29, 1.82) is 0 Å². The number of rotatable bonds is 4. The number of carbonyl (C=O) groups is 1. The second-order valence-corrected chi connectivity index (χ2v) is 2.94. The summed E-state index contributed by atoms with van der Waals surface area (Å²) in [5.41, 5.74) is 5.33. The second kappa shape index (κ2) is 4.65. The fraction of sp³-hybridized carbons (Fsp3) is 0.300. The quantitative estimate of drug-likeness (QED) is 0.711. The zero-order valence-corrected chi connectivity index (χ0v) is 8.56. The Hall–Kier alpha value is -1.75. The lowest BCUT2D eigenvalue weighted by Gasteiger charge is -2.12. The highest BCUT2D eigenvalue weighted by atomic mass is 16.6. The van der Waals surface area contributed by atoms with Crippen LogP contribution in [0.1, 0.15) is 17.3 Å². The molecule has 5 nitrogen and oxygen atoms in total. The van der Waals surface area contributed by atoms with E-state index >= 15 is 0 Å². The maximum absolute atomic E-state index is 11.1. The summed E-state index contributed by atoms with van der Waals surface area (Å²) in [5, 5.41) is 9.03. The molecule has 0 fully saturated rings. The van der Waals surface area contributed by atoms with Gasteiger partial charge in [0.2, 0.25) is 0 Å². The van der Waals surface area contributed by atoms with Gasteiger partial charge in [0, 0.05) is 0 Å². The average Bonchev–Trinajstić information content (AvgIpc) is 2.17. The number of methoxy groups -OCH3 is 1. The first-order chi connectivity index (χ1) is 7.04. The van der Waals surface area contributed by atoms with Crippen molar-refractivity contribution in [1.82, 2.24) is 0 Å². The van der Waals surface area contributed by atoms with Crippen LogP contribution in [0.5, 0.6) is 11.5 Å². The highest BCUT2D eigenvalue weighted by molar-refractivity contribution is 5.96. The molecule has 1 atom stereocenters. The molecule has 82 valence electrons. The maximum atomic E-state index is 11.1. The molecule has 0 aliphatic rings. The van der Waals surface area contributed by atoms with Gasteiger partial charge in [0.15, 0.2) is 6.29 Å². The van der Waals surface area contributed by atoms with E-state index in [1.165, 1.54) is 26.2 Å². The molecule has 0 saturated carbocycles. The summed E-state index contributed by atoms with van der Waals surface area (Å²) in [5.74, 6) is 0.101. The Kier molecular flexibility index (Phi) is 3.51. The number of primary amides is 1. The molecular formula is C10H13NO4. The number of carbonyl (C=O) groups excluding carboxylic acids is 1. The first-order valence-electron chi connectivity index (χ1n) is 4.37. The van der Waals surface area contributed by atoms with Crippen molar-refractivity contribution >= 4 is 5.91 Å². The molecule has 1 amide bonds. The smallest absolute Gasteiger partial charge is 0.252 e. The van der Waals surface area contributed by atoms with Crippen LogP contribution >= 0.6 is 0 Å². The van der Waals surface area contributed by atoms with Gasteiger partial charge in [0.25, 0.3) is 5.91 Å². The largest absolute Gasteiger partial charge is 0.497 e. The van der Waals surface area contributed by atoms with Gasteiger partial charge in [-0.3, -0.25) is 4.79 Å². The zero-order valence-electron chi connectivity index (χ0n) is 8.56. The van der Waals surface area contributed by atoms with Gasteiger partial charge in [0.05, 0.1) is 12.7 Å². The fourth-order valence-corrected chi connectivity index (χ4v) is 1.12. The molecular weight excluding hydrogens is 198 g/mol. The lowest BCUT2D eigenvalue weighted by atomic mass is 10.2. The van der Waals surface area contributed by atoms with Crippen molar-refractivity contribution in [2.24, 2.45) is 5.73 Å². The molecule has 1 aromatic carbocycles. The Morgan fingerprint density at radius 2 is 2.20 bits per heavy atom.